The Morgan fingerprint density at radius 3 is 2.67 bits per heavy atom. The highest BCUT2D eigenvalue weighted by Crippen LogP contribution is 2.17. The van der Waals surface area contributed by atoms with E-state index in [1.807, 2.05) is 22.6 Å². The van der Waals surface area contributed by atoms with Crippen LogP contribution in [0.2, 0.25) is 0 Å². The lowest BCUT2D eigenvalue weighted by Crippen LogP contribution is -2.09. The van der Waals surface area contributed by atoms with E-state index < -0.39 is 5.97 Å². The predicted octanol–water partition coefficient (Wildman–Crippen LogP) is 1.12. The molecule has 1 aromatic heterocycles. The van der Waals surface area contributed by atoms with Gasteiger partial charge in [-0.3, -0.25) is 0 Å². The molecule has 5 nitrogen and oxygen atoms in total. The van der Waals surface area contributed by atoms with Gasteiger partial charge in [0.2, 0.25) is 0 Å². The highest BCUT2D eigenvalue weighted by molar-refractivity contribution is 14.1. The van der Waals surface area contributed by atoms with Crippen molar-refractivity contribution in [1.82, 2.24) is 9.97 Å². The van der Waals surface area contributed by atoms with Crippen molar-refractivity contribution in [3.05, 3.63) is 14.0 Å². The third kappa shape index (κ3) is 1.83. The number of hydrogen-bond donors (Lipinski definition) is 2. The molecule has 0 aliphatic carbocycles. The number of hydrogen-bond acceptors (Lipinski definition) is 4. The summed E-state index contributed by atoms with van der Waals surface area (Å²) in [6.45, 7) is 0. The average Bonchev–Trinajstić information content (AvgIpc) is 1.96. The van der Waals surface area contributed by atoms with Crippen molar-refractivity contribution < 1.29 is 9.90 Å². The van der Waals surface area contributed by atoms with Gasteiger partial charge in [-0.25, -0.2) is 14.8 Å². The van der Waals surface area contributed by atoms with Gasteiger partial charge >= 0.3 is 5.97 Å². The first-order valence-electron chi connectivity index (χ1n) is 2.74. The second-order valence-electron chi connectivity index (χ2n) is 1.84. The number of nitrogens with two attached hydrogens (primary N) is 1. The Kier molecular flexibility index (Phi) is 2.83. The summed E-state index contributed by atoms with van der Waals surface area (Å²) in [5.74, 6) is -1.26. The van der Waals surface area contributed by atoms with Crippen molar-refractivity contribution in [2.24, 2.45) is 0 Å². The first kappa shape index (κ1) is 9.65. The number of nitrogen functional groups attached to an aromatic ring is 1. The highest BCUT2D eigenvalue weighted by atomic mass is 127. The van der Waals surface area contributed by atoms with E-state index in [1.165, 1.54) is 0 Å². The van der Waals surface area contributed by atoms with Gasteiger partial charge in [0.25, 0.3) is 0 Å². The number of aromatic nitrogens is 2. The van der Waals surface area contributed by atoms with Gasteiger partial charge in [-0.2, -0.15) is 0 Å². The SMILES string of the molecule is Nc1nc(I)c(Br)nc1C(=O)O. The summed E-state index contributed by atoms with van der Waals surface area (Å²) in [4.78, 5) is 17.9. The Bertz CT molecular complexity index is 344. The third-order valence-electron chi connectivity index (χ3n) is 1.04. The zero-order valence-electron chi connectivity index (χ0n) is 5.58. The first-order chi connectivity index (χ1) is 5.52. The molecule has 0 atom stereocenters. The lowest BCUT2D eigenvalue weighted by atomic mass is 10.4. The molecular weight excluding hydrogens is 341 g/mol. The molecule has 0 saturated carbocycles. The molecule has 0 spiro atoms. The second kappa shape index (κ2) is 3.52. The Balaban J connectivity index is 3.33. The number of anilines is 1. The fourth-order valence-corrected chi connectivity index (χ4v) is 1.21. The topological polar surface area (TPSA) is 89.1 Å². The lowest BCUT2D eigenvalue weighted by Gasteiger charge is -2.00. The zero-order valence-corrected chi connectivity index (χ0v) is 9.33. The van der Waals surface area contributed by atoms with E-state index in [-0.39, 0.29) is 11.5 Å². The molecule has 7 heteroatoms. The molecule has 0 amide bonds. The first-order valence-corrected chi connectivity index (χ1v) is 4.61. The van der Waals surface area contributed by atoms with Crippen molar-refractivity contribution in [2.75, 3.05) is 5.73 Å². The number of nitrogens with zero attached hydrogens (tertiary/aromatic N) is 2. The number of aromatic carboxylic acids is 1. The summed E-state index contributed by atoms with van der Waals surface area (Å²) < 4.78 is 0.921. The minimum atomic E-state index is -1.18. The molecule has 0 bridgehead atoms. The quantitative estimate of drug-likeness (QED) is 0.746. The van der Waals surface area contributed by atoms with Gasteiger partial charge in [-0.05, 0) is 38.5 Å². The van der Waals surface area contributed by atoms with E-state index in [4.69, 9.17) is 10.8 Å². The van der Waals surface area contributed by atoms with E-state index in [0.717, 1.165) is 0 Å². The van der Waals surface area contributed by atoms with E-state index in [9.17, 15) is 4.79 Å². The van der Waals surface area contributed by atoms with Gasteiger partial charge in [-0.15, -0.1) is 0 Å². The van der Waals surface area contributed by atoms with Gasteiger partial charge in [-0.1, -0.05) is 0 Å². The summed E-state index contributed by atoms with van der Waals surface area (Å²) >= 11 is 4.95. The summed E-state index contributed by atoms with van der Waals surface area (Å²) in [6.07, 6.45) is 0. The molecule has 0 aliphatic rings. The minimum absolute atomic E-state index is 0.0740. The van der Waals surface area contributed by atoms with Crippen LogP contribution < -0.4 is 5.73 Å². The van der Waals surface area contributed by atoms with Crippen molar-refractivity contribution in [2.45, 2.75) is 0 Å². The van der Waals surface area contributed by atoms with Gasteiger partial charge < -0.3 is 10.8 Å². The van der Waals surface area contributed by atoms with Crippen LogP contribution in [0.15, 0.2) is 4.60 Å². The Morgan fingerprint density at radius 1 is 1.58 bits per heavy atom. The molecule has 1 heterocycles. The number of carboxylic acids is 1. The van der Waals surface area contributed by atoms with E-state index in [1.54, 1.807) is 0 Å². The summed E-state index contributed by atoms with van der Waals surface area (Å²) in [5.41, 5.74) is 5.08. The van der Waals surface area contributed by atoms with Crippen molar-refractivity contribution in [3.8, 4) is 0 Å². The molecule has 3 N–H and O–H groups in total. The zero-order chi connectivity index (χ0) is 9.30. The molecule has 1 aromatic rings. The fourth-order valence-electron chi connectivity index (χ4n) is 0.564. The lowest BCUT2D eigenvalue weighted by molar-refractivity contribution is 0.0691. The molecule has 0 radical (unpaired) electrons. The molecule has 12 heavy (non-hydrogen) atoms. The summed E-state index contributed by atoms with van der Waals surface area (Å²) in [7, 11) is 0. The van der Waals surface area contributed by atoms with Gasteiger partial charge in [0.15, 0.2) is 11.5 Å². The number of halogens is 2. The van der Waals surface area contributed by atoms with Gasteiger partial charge in [0, 0.05) is 0 Å². The van der Waals surface area contributed by atoms with Gasteiger partial charge in [0.1, 0.15) is 8.30 Å². The number of rotatable bonds is 1. The highest BCUT2D eigenvalue weighted by Gasteiger charge is 2.13. The van der Waals surface area contributed by atoms with E-state index in [2.05, 4.69) is 25.9 Å². The van der Waals surface area contributed by atoms with E-state index in [0.29, 0.717) is 8.30 Å². The van der Waals surface area contributed by atoms with Crippen LogP contribution in [0.4, 0.5) is 5.82 Å². The standard InChI is InChI=1S/C5H3BrIN3O2/c6-2-3(7)10-4(8)1(9-2)5(11)12/h(H2,8,10)(H,11,12). The summed E-state index contributed by atoms with van der Waals surface area (Å²) in [5, 5.41) is 8.58. The number of carboxylic acid groups (broad SMARTS) is 1. The van der Waals surface area contributed by atoms with Crippen molar-refractivity contribution in [3.63, 3.8) is 0 Å². The van der Waals surface area contributed by atoms with Crippen molar-refractivity contribution >= 4 is 50.3 Å². The minimum Gasteiger partial charge on any atom is -0.476 e. The van der Waals surface area contributed by atoms with Crippen LogP contribution >= 0.6 is 38.5 Å². The molecule has 0 aromatic carbocycles. The van der Waals surface area contributed by atoms with Crippen molar-refractivity contribution in [1.29, 1.82) is 0 Å². The fraction of sp³-hybridized carbons (Fsp3) is 0. The molecule has 0 saturated heterocycles. The van der Waals surface area contributed by atoms with Crippen LogP contribution in [0.3, 0.4) is 0 Å². The smallest absolute Gasteiger partial charge is 0.358 e. The Hall–Kier alpha value is -0.440. The van der Waals surface area contributed by atoms with Crippen LogP contribution in [0.5, 0.6) is 0 Å². The van der Waals surface area contributed by atoms with Crippen LogP contribution in [-0.2, 0) is 0 Å². The van der Waals surface area contributed by atoms with Crippen LogP contribution in [0.1, 0.15) is 10.5 Å². The molecule has 0 fully saturated rings. The molecule has 0 unspecified atom stereocenters. The van der Waals surface area contributed by atoms with Crippen LogP contribution in [-0.4, -0.2) is 21.0 Å². The molecule has 1 rings (SSSR count). The van der Waals surface area contributed by atoms with Gasteiger partial charge in [0.05, 0.1) is 0 Å². The third-order valence-corrected chi connectivity index (χ3v) is 3.09. The molecule has 64 valence electrons. The molecular formula is C5H3BrIN3O2. The largest absolute Gasteiger partial charge is 0.476 e. The summed E-state index contributed by atoms with van der Waals surface area (Å²) in [6, 6.07) is 0. The monoisotopic (exact) mass is 343 g/mol. The van der Waals surface area contributed by atoms with E-state index >= 15 is 0 Å². The predicted molar refractivity (Wildman–Crippen MR) is 53.8 cm³/mol. The normalized spacial score (nSPS) is 9.83. The maximum absolute atomic E-state index is 10.5. The second-order valence-corrected chi connectivity index (χ2v) is 3.62. The maximum Gasteiger partial charge on any atom is 0.358 e. The average molecular weight is 344 g/mol. The Labute approximate surface area is 89.7 Å². The Morgan fingerprint density at radius 2 is 2.17 bits per heavy atom. The van der Waals surface area contributed by atoms with Crippen LogP contribution in [0.25, 0.3) is 0 Å². The maximum atomic E-state index is 10.5. The number of carbonyl (C=O) groups is 1. The van der Waals surface area contributed by atoms with Crippen LogP contribution in [0, 0.1) is 3.70 Å². The molecule has 0 aliphatic heterocycles.